The Hall–Kier alpha value is -0.960. The second-order valence-corrected chi connectivity index (χ2v) is 5.56. The summed E-state index contributed by atoms with van der Waals surface area (Å²) in [6, 6.07) is 8.20. The maximum Gasteiger partial charge on any atom is 0.226 e. The molecule has 0 N–H and O–H groups in total. The molecule has 1 amide bonds. The van der Waals surface area contributed by atoms with E-state index in [4.69, 9.17) is 0 Å². The first-order valence-corrected chi connectivity index (χ1v) is 6.66. The minimum absolute atomic E-state index is 0.224. The zero-order valence-electron chi connectivity index (χ0n) is 9.77. The van der Waals surface area contributed by atoms with E-state index in [-0.39, 0.29) is 5.91 Å². The van der Waals surface area contributed by atoms with E-state index < -0.39 is 0 Å². The molecule has 0 bridgehead atoms. The Bertz CT molecular complexity index is 391. The average Bonchev–Trinajstić information content (AvgIpc) is 2.46. The van der Waals surface area contributed by atoms with E-state index in [1.165, 1.54) is 4.90 Å². The number of hydrogen-bond donors (Lipinski definition) is 0. The second-order valence-electron chi connectivity index (χ2n) is 4.08. The number of carbonyl (C=O) groups excluding carboxylic acids is 1. The van der Waals surface area contributed by atoms with Crippen molar-refractivity contribution < 1.29 is 4.79 Å². The van der Waals surface area contributed by atoms with Crippen LogP contribution in [0.4, 0.5) is 5.69 Å². The van der Waals surface area contributed by atoms with Gasteiger partial charge in [0.15, 0.2) is 0 Å². The molecule has 16 heavy (non-hydrogen) atoms. The van der Waals surface area contributed by atoms with E-state index in [2.05, 4.69) is 13.0 Å². The molecule has 1 aliphatic heterocycles. The molecule has 0 fully saturated rings. The Morgan fingerprint density at radius 2 is 2.25 bits per heavy atom. The van der Waals surface area contributed by atoms with Gasteiger partial charge in [-0.1, -0.05) is 26.0 Å². The summed E-state index contributed by atoms with van der Waals surface area (Å²) in [5, 5.41) is 0.579. The molecule has 0 spiro atoms. The smallest absolute Gasteiger partial charge is 0.226 e. The topological polar surface area (TPSA) is 20.3 Å². The van der Waals surface area contributed by atoms with Crippen LogP contribution in [0.5, 0.6) is 0 Å². The molecule has 2 rings (SSSR count). The van der Waals surface area contributed by atoms with Crippen molar-refractivity contribution in [3.63, 3.8) is 0 Å². The highest BCUT2D eigenvalue weighted by Crippen LogP contribution is 2.37. The van der Waals surface area contributed by atoms with Crippen LogP contribution in [0.2, 0.25) is 0 Å². The van der Waals surface area contributed by atoms with Crippen molar-refractivity contribution in [3.8, 4) is 0 Å². The number of rotatable bonds is 1. The van der Waals surface area contributed by atoms with Crippen LogP contribution in [0, 0.1) is 0 Å². The van der Waals surface area contributed by atoms with E-state index in [0.717, 1.165) is 18.7 Å². The summed E-state index contributed by atoms with van der Waals surface area (Å²) in [7, 11) is 0. The first kappa shape index (κ1) is 11.5. The summed E-state index contributed by atoms with van der Waals surface area (Å²) in [4.78, 5) is 15.1. The van der Waals surface area contributed by atoms with Gasteiger partial charge in [-0.3, -0.25) is 4.79 Å². The molecule has 1 unspecified atom stereocenters. The van der Waals surface area contributed by atoms with Gasteiger partial charge in [0.2, 0.25) is 5.91 Å². The summed E-state index contributed by atoms with van der Waals surface area (Å²) < 4.78 is 0. The van der Waals surface area contributed by atoms with Gasteiger partial charge in [-0.15, -0.1) is 11.8 Å². The molecule has 3 heteroatoms. The third kappa shape index (κ3) is 2.24. The van der Waals surface area contributed by atoms with Crippen LogP contribution >= 0.6 is 11.8 Å². The number of fused-ring (bicyclic) bond motifs is 1. The fraction of sp³-hybridized carbons (Fsp3) is 0.462. The molecule has 0 saturated heterocycles. The number of carbonyl (C=O) groups is 1. The Balaban J connectivity index is 2.38. The molecule has 86 valence electrons. The van der Waals surface area contributed by atoms with Crippen LogP contribution in [0.3, 0.4) is 0 Å². The molecule has 0 radical (unpaired) electrons. The number of para-hydroxylation sites is 1. The molecule has 1 aromatic carbocycles. The number of benzene rings is 1. The number of amides is 1. The molecular formula is C13H17NOS. The highest BCUT2D eigenvalue weighted by molar-refractivity contribution is 8.00. The lowest BCUT2D eigenvalue weighted by atomic mass is 10.2. The normalized spacial score (nSPS) is 20.1. The van der Waals surface area contributed by atoms with E-state index >= 15 is 0 Å². The third-order valence-electron chi connectivity index (χ3n) is 2.85. The Kier molecular flexibility index (Phi) is 3.54. The van der Waals surface area contributed by atoms with Gasteiger partial charge >= 0.3 is 0 Å². The lowest BCUT2D eigenvalue weighted by molar-refractivity contribution is -0.118. The highest BCUT2D eigenvalue weighted by atomic mass is 32.2. The van der Waals surface area contributed by atoms with Crippen LogP contribution in [0.1, 0.15) is 26.7 Å². The fourth-order valence-corrected chi connectivity index (χ4v) is 3.05. The number of anilines is 1. The largest absolute Gasteiger partial charge is 0.311 e. The van der Waals surface area contributed by atoms with Crippen molar-refractivity contribution in [2.24, 2.45) is 0 Å². The SMILES string of the molecule is CCC(=O)N1CCC(C)Sc2ccccc21. The van der Waals surface area contributed by atoms with Gasteiger partial charge in [0.25, 0.3) is 0 Å². The predicted molar refractivity (Wildman–Crippen MR) is 69.0 cm³/mol. The number of hydrogen-bond acceptors (Lipinski definition) is 2. The maximum absolute atomic E-state index is 11.9. The summed E-state index contributed by atoms with van der Waals surface area (Å²) >= 11 is 1.87. The van der Waals surface area contributed by atoms with Gasteiger partial charge in [0.05, 0.1) is 5.69 Å². The molecule has 2 nitrogen and oxygen atoms in total. The molecule has 1 aromatic rings. The van der Waals surface area contributed by atoms with Crippen molar-refractivity contribution in [1.29, 1.82) is 0 Å². The number of thioether (sulfide) groups is 1. The molecule has 1 heterocycles. The molecule has 0 aliphatic carbocycles. The van der Waals surface area contributed by atoms with E-state index in [1.54, 1.807) is 0 Å². The minimum atomic E-state index is 0.224. The van der Waals surface area contributed by atoms with Gasteiger partial charge in [-0.05, 0) is 18.6 Å². The van der Waals surface area contributed by atoms with E-state index in [0.29, 0.717) is 11.7 Å². The van der Waals surface area contributed by atoms with Crippen molar-refractivity contribution in [2.75, 3.05) is 11.4 Å². The van der Waals surface area contributed by atoms with Gasteiger partial charge < -0.3 is 4.90 Å². The average molecular weight is 235 g/mol. The highest BCUT2D eigenvalue weighted by Gasteiger charge is 2.22. The quantitative estimate of drug-likeness (QED) is 0.744. The number of nitrogens with zero attached hydrogens (tertiary/aromatic N) is 1. The molecule has 1 atom stereocenters. The van der Waals surface area contributed by atoms with Gasteiger partial charge in [0.1, 0.15) is 0 Å². The summed E-state index contributed by atoms with van der Waals surface area (Å²) in [5.74, 6) is 0.224. The zero-order chi connectivity index (χ0) is 11.5. The molecular weight excluding hydrogens is 218 g/mol. The lowest BCUT2D eigenvalue weighted by Crippen LogP contribution is -2.31. The second kappa shape index (κ2) is 4.91. The maximum atomic E-state index is 11.9. The van der Waals surface area contributed by atoms with Gasteiger partial charge in [0, 0.05) is 23.1 Å². The monoisotopic (exact) mass is 235 g/mol. The van der Waals surface area contributed by atoms with Crippen LogP contribution in [-0.2, 0) is 4.79 Å². The predicted octanol–water partition coefficient (Wildman–Crippen LogP) is 3.31. The summed E-state index contributed by atoms with van der Waals surface area (Å²) in [6.45, 7) is 4.99. The fourth-order valence-electron chi connectivity index (χ4n) is 1.94. The molecule has 0 aromatic heterocycles. The van der Waals surface area contributed by atoms with Gasteiger partial charge in [-0.25, -0.2) is 0 Å². The van der Waals surface area contributed by atoms with E-state index in [9.17, 15) is 4.79 Å². The zero-order valence-corrected chi connectivity index (χ0v) is 10.6. The van der Waals surface area contributed by atoms with Gasteiger partial charge in [-0.2, -0.15) is 0 Å². The van der Waals surface area contributed by atoms with Crippen LogP contribution in [0.25, 0.3) is 0 Å². The molecule has 1 aliphatic rings. The van der Waals surface area contributed by atoms with Crippen LogP contribution in [0.15, 0.2) is 29.2 Å². The van der Waals surface area contributed by atoms with Crippen molar-refractivity contribution in [2.45, 2.75) is 36.8 Å². The Morgan fingerprint density at radius 1 is 1.50 bits per heavy atom. The first-order chi connectivity index (χ1) is 7.72. The minimum Gasteiger partial charge on any atom is -0.311 e. The summed E-state index contributed by atoms with van der Waals surface area (Å²) in [6.07, 6.45) is 1.64. The van der Waals surface area contributed by atoms with Crippen LogP contribution < -0.4 is 4.90 Å². The van der Waals surface area contributed by atoms with Crippen molar-refractivity contribution in [3.05, 3.63) is 24.3 Å². The molecule has 0 saturated carbocycles. The standard InChI is InChI=1S/C13H17NOS/c1-3-13(15)14-9-8-10(2)16-12-7-5-4-6-11(12)14/h4-7,10H,3,8-9H2,1-2H3. The third-order valence-corrected chi connectivity index (χ3v) is 4.08. The lowest BCUT2D eigenvalue weighted by Gasteiger charge is -2.21. The van der Waals surface area contributed by atoms with Crippen molar-refractivity contribution in [1.82, 2.24) is 0 Å². The summed E-state index contributed by atoms with van der Waals surface area (Å²) in [5.41, 5.74) is 1.09. The Labute approximate surface area is 101 Å². The van der Waals surface area contributed by atoms with Crippen molar-refractivity contribution >= 4 is 23.4 Å². The van der Waals surface area contributed by atoms with E-state index in [1.807, 2.05) is 41.8 Å². The van der Waals surface area contributed by atoms with Crippen LogP contribution in [-0.4, -0.2) is 17.7 Å². The first-order valence-electron chi connectivity index (χ1n) is 5.78. The Morgan fingerprint density at radius 3 is 3.00 bits per heavy atom.